The molecule has 0 spiro atoms. The van der Waals surface area contributed by atoms with Crippen LogP contribution in [0.3, 0.4) is 0 Å². The van der Waals surface area contributed by atoms with E-state index in [2.05, 4.69) is 68.3 Å². The highest BCUT2D eigenvalue weighted by atomic mass is 16.1. The zero-order valence-corrected chi connectivity index (χ0v) is 17.4. The summed E-state index contributed by atoms with van der Waals surface area (Å²) in [5.74, 6) is 0.0506. The van der Waals surface area contributed by atoms with Crippen molar-refractivity contribution in [2.45, 2.75) is 25.9 Å². The topological polar surface area (TPSA) is 53.1 Å². The number of hydrogen-bond donors (Lipinski definition) is 2. The summed E-state index contributed by atoms with van der Waals surface area (Å²) in [4.78, 5) is 19.3. The Hall–Kier alpha value is -3.31. The normalized spacial score (nSPS) is 16.8. The Morgan fingerprint density at radius 3 is 2.52 bits per heavy atom. The molecule has 2 aliphatic rings. The Bertz CT molecular complexity index is 1520. The summed E-state index contributed by atoms with van der Waals surface area (Å²) in [6.45, 7) is 4.94. The van der Waals surface area contributed by atoms with Crippen LogP contribution in [0.1, 0.15) is 28.8 Å². The molecule has 2 N–H and O–H groups in total. The van der Waals surface area contributed by atoms with E-state index in [0.717, 1.165) is 40.6 Å². The Balaban J connectivity index is 1.63. The number of hydrogen-bond acceptors (Lipinski definition) is 2. The number of carbonyl (C=O) groups excluding carboxylic acids is 1. The van der Waals surface area contributed by atoms with Crippen LogP contribution in [0.4, 0.5) is 0 Å². The van der Waals surface area contributed by atoms with Crippen molar-refractivity contribution >= 4 is 49.5 Å². The fourth-order valence-electron chi connectivity index (χ4n) is 5.89. The zero-order chi connectivity index (χ0) is 20.5. The predicted octanol–water partition coefficient (Wildman–Crippen LogP) is 4.77. The number of carbonyl (C=O) groups is 1. The van der Waals surface area contributed by atoms with Gasteiger partial charge in [-0.05, 0) is 43.6 Å². The summed E-state index contributed by atoms with van der Waals surface area (Å²) >= 11 is 0. The lowest BCUT2D eigenvalue weighted by Gasteiger charge is -2.16. The molecule has 0 bridgehead atoms. The van der Waals surface area contributed by atoms with Crippen LogP contribution in [0.25, 0.3) is 43.6 Å². The van der Waals surface area contributed by atoms with Crippen LogP contribution in [0.2, 0.25) is 0 Å². The van der Waals surface area contributed by atoms with E-state index in [1.165, 1.54) is 53.1 Å². The summed E-state index contributed by atoms with van der Waals surface area (Å²) in [7, 11) is 0. The summed E-state index contributed by atoms with van der Waals surface area (Å²) < 4.78 is 2.45. The first-order chi connectivity index (χ1) is 15.3. The number of fused-ring (bicyclic) bond motifs is 10. The molecule has 1 fully saturated rings. The highest BCUT2D eigenvalue weighted by Gasteiger charge is 2.30. The van der Waals surface area contributed by atoms with Crippen molar-refractivity contribution in [3.8, 4) is 0 Å². The number of amides is 1. The van der Waals surface area contributed by atoms with E-state index < -0.39 is 0 Å². The van der Waals surface area contributed by atoms with Crippen LogP contribution in [0, 0.1) is 0 Å². The van der Waals surface area contributed by atoms with Crippen LogP contribution in [-0.2, 0) is 13.1 Å². The summed E-state index contributed by atoms with van der Waals surface area (Å²) in [5.41, 5.74) is 6.66. The van der Waals surface area contributed by atoms with Gasteiger partial charge in [-0.2, -0.15) is 0 Å². The fraction of sp³-hybridized carbons (Fsp3) is 0.269. The summed E-state index contributed by atoms with van der Waals surface area (Å²) in [5, 5.41) is 7.77. The van der Waals surface area contributed by atoms with Gasteiger partial charge in [0.1, 0.15) is 0 Å². The van der Waals surface area contributed by atoms with E-state index in [1.807, 2.05) is 0 Å². The number of aromatic nitrogens is 2. The average molecular weight is 409 g/mol. The molecule has 3 aromatic carbocycles. The van der Waals surface area contributed by atoms with E-state index in [1.54, 1.807) is 0 Å². The van der Waals surface area contributed by atoms with E-state index in [0.29, 0.717) is 6.54 Å². The molecular formula is C26H24N4O. The molecule has 5 aromatic rings. The fourth-order valence-corrected chi connectivity index (χ4v) is 5.89. The molecule has 0 radical (unpaired) electrons. The monoisotopic (exact) mass is 408 g/mol. The van der Waals surface area contributed by atoms with Gasteiger partial charge in [0.05, 0.1) is 16.6 Å². The molecule has 1 amide bonds. The lowest BCUT2D eigenvalue weighted by atomic mass is 9.97. The van der Waals surface area contributed by atoms with Gasteiger partial charge in [0.15, 0.2) is 0 Å². The van der Waals surface area contributed by atoms with Crippen LogP contribution >= 0.6 is 0 Å². The molecule has 0 atom stereocenters. The van der Waals surface area contributed by atoms with Crippen LogP contribution in [0.15, 0.2) is 48.5 Å². The van der Waals surface area contributed by atoms with Crippen molar-refractivity contribution in [2.75, 3.05) is 19.6 Å². The molecule has 154 valence electrons. The minimum atomic E-state index is 0.0506. The molecule has 0 aliphatic carbocycles. The van der Waals surface area contributed by atoms with Crippen molar-refractivity contribution in [1.29, 1.82) is 0 Å². The number of para-hydroxylation sites is 2. The maximum Gasteiger partial charge on any atom is 0.252 e. The second kappa shape index (κ2) is 6.34. The van der Waals surface area contributed by atoms with Crippen LogP contribution in [-0.4, -0.2) is 40.0 Å². The molecule has 0 unspecified atom stereocenters. The molecule has 31 heavy (non-hydrogen) atoms. The van der Waals surface area contributed by atoms with Crippen molar-refractivity contribution in [3.63, 3.8) is 0 Å². The Morgan fingerprint density at radius 1 is 0.871 bits per heavy atom. The minimum absolute atomic E-state index is 0.0506. The standard InChI is InChI=1S/C26H24N4O/c31-26-23-18(15-27-26)21-16-7-1-3-9-19(16)28-24(21)25-22(23)17-8-2-4-10-20(17)30(25)14-13-29-11-5-6-12-29/h1-4,7-10,28H,5-6,11-15H2,(H,27,31). The van der Waals surface area contributed by atoms with Gasteiger partial charge in [-0.25, -0.2) is 0 Å². The highest BCUT2D eigenvalue weighted by molar-refractivity contribution is 6.30. The van der Waals surface area contributed by atoms with E-state index in [-0.39, 0.29) is 5.91 Å². The third-order valence-corrected chi connectivity index (χ3v) is 7.26. The van der Waals surface area contributed by atoms with Gasteiger partial charge in [-0.1, -0.05) is 36.4 Å². The first kappa shape index (κ1) is 17.4. The Morgan fingerprint density at radius 2 is 1.65 bits per heavy atom. The number of likely N-dealkylation sites (tertiary alicyclic amines) is 1. The summed E-state index contributed by atoms with van der Waals surface area (Å²) in [6, 6.07) is 17.0. The van der Waals surface area contributed by atoms with Gasteiger partial charge in [-0.15, -0.1) is 0 Å². The minimum Gasteiger partial charge on any atom is -0.353 e. The molecule has 0 saturated carbocycles. The number of benzene rings is 3. The number of nitrogens with one attached hydrogen (secondary N) is 2. The van der Waals surface area contributed by atoms with Gasteiger partial charge in [0.25, 0.3) is 5.91 Å². The molecule has 2 aromatic heterocycles. The van der Waals surface area contributed by atoms with E-state index >= 15 is 0 Å². The molecule has 7 rings (SSSR count). The third-order valence-electron chi connectivity index (χ3n) is 7.26. The largest absolute Gasteiger partial charge is 0.353 e. The maximum atomic E-state index is 13.1. The number of rotatable bonds is 3. The molecule has 4 heterocycles. The first-order valence-electron chi connectivity index (χ1n) is 11.3. The van der Waals surface area contributed by atoms with E-state index in [9.17, 15) is 4.79 Å². The quantitative estimate of drug-likeness (QED) is 0.452. The van der Waals surface area contributed by atoms with Gasteiger partial charge in [-0.3, -0.25) is 4.79 Å². The van der Waals surface area contributed by atoms with Gasteiger partial charge in [0, 0.05) is 52.2 Å². The van der Waals surface area contributed by atoms with Crippen molar-refractivity contribution in [3.05, 3.63) is 59.7 Å². The zero-order valence-electron chi connectivity index (χ0n) is 17.4. The second-order valence-electron chi connectivity index (χ2n) is 8.90. The summed E-state index contributed by atoms with van der Waals surface area (Å²) in [6.07, 6.45) is 2.60. The lowest BCUT2D eigenvalue weighted by Crippen LogP contribution is -2.24. The maximum absolute atomic E-state index is 13.1. The number of H-pyrrole nitrogens is 1. The molecule has 2 aliphatic heterocycles. The SMILES string of the molecule is O=C1NCc2c1c1c3ccccc3n(CCN3CCCC3)c1c1[nH]c3ccccc3c21. The smallest absolute Gasteiger partial charge is 0.252 e. The Kier molecular flexibility index (Phi) is 3.56. The molecule has 1 saturated heterocycles. The first-order valence-corrected chi connectivity index (χ1v) is 11.3. The van der Waals surface area contributed by atoms with Crippen molar-refractivity contribution in [1.82, 2.24) is 19.8 Å². The molecule has 5 heteroatoms. The van der Waals surface area contributed by atoms with Gasteiger partial charge < -0.3 is 19.8 Å². The van der Waals surface area contributed by atoms with Crippen LogP contribution in [0.5, 0.6) is 0 Å². The lowest BCUT2D eigenvalue weighted by molar-refractivity contribution is 0.0967. The van der Waals surface area contributed by atoms with Gasteiger partial charge in [0.2, 0.25) is 0 Å². The van der Waals surface area contributed by atoms with Crippen molar-refractivity contribution in [2.24, 2.45) is 0 Å². The Labute approximate surface area is 179 Å². The number of nitrogens with zero attached hydrogens (tertiary/aromatic N) is 2. The van der Waals surface area contributed by atoms with Crippen LogP contribution < -0.4 is 5.32 Å². The average Bonchev–Trinajstić information content (AvgIpc) is 3.56. The van der Waals surface area contributed by atoms with Crippen molar-refractivity contribution < 1.29 is 4.79 Å². The second-order valence-corrected chi connectivity index (χ2v) is 8.90. The number of aromatic amines is 1. The third kappa shape index (κ3) is 2.32. The highest BCUT2D eigenvalue weighted by Crippen LogP contribution is 2.43. The molecular weight excluding hydrogens is 384 g/mol. The molecule has 5 nitrogen and oxygen atoms in total. The predicted molar refractivity (Wildman–Crippen MR) is 126 cm³/mol. The van der Waals surface area contributed by atoms with Gasteiger partial charge >= 0.3 is 0 Å². The van der Waals surface area contributed by atoms with E-state index in [4.69, 9.17) is 0 Å².